The van der Waals surface area contributed by atoms with Crippen molar-refractivity contribution in [2.45, 2.75) is 0 Å². The lowest BCUT2D eigenvalue weighted by molar-refractivity contribution is 0.343. The van der Waals surface area contributed by atoms with Crippen LogP contribution in [0.2, 0.25) is 0 Å². The highest BCUT2D eigenvalue weighted by molar-refractivity contribution is 5.56. The Hall–Kier alpha value is -1.35. The second kappa shape index (κ2) is 3.88. The Morgan fingerprint density at radius 1 is 1.42 bits per heavy atom. The van der Waals surface area contributed by atoms with Gasteiger partial charge in [-0.1, -0.05) is 12.2 Å². The van der Waals surface area contributed by atoms with Gasteiger partial charge in [-0.25, -0.2) is 4.39 Å². The number of aliphatic hydroxyl groups is 1. The number of halogens is 1. The van der Waals surface area contributed by atoms with Crippen LogP contribution in [-0.4, -0.2) is 16.8 Å². The molecule has 1 aromatic rings. The fraction of sp³-hybridized carbons (Fsp3) is 0.111. The summed E-state index contributed by atoms with van der Waals surface area (Å²) in [6, 6.07) is 3.71. The molecule has 0 spiro atoms. The van der Waals surface area contributed by atoms with Crippen LogP contribution in [0.5, 0.6) is 5.75 Å². The van der Waals surface area contributed by atoms with Crippen LogP contribution in [0.25, 0.3) is 6.08 Å². The van der Waals surface area contributed by atoms with Gasteiger partial charge in [-0.2, -0.15) is 0 Å². The third-order valence-corrected chi connectivity index (χ3v) is 1.40. The van der Waals surface area contributed by atoms with E-state index in [4.69, 9.17) is 10.2 Å². The molecule has 0 saturated carbocycles. The van der Waals surface area contributed by atoms with Crippen LogP contribution in [0.1, 0.15) is 5.56 Å². The third kappa shape index (κ3) is 2.07. The molecule has 64 valence electrons. The predicted molar refractivity (Wildman–Crippen MR) is 44.2 cm³/mol. The molecule has 0 radical (unpaired) electrons. The highest BCUT2D eigenvalue weighted by Gasteiger charge is 1.97. The van der Waals surface area contributed by atoms with E-state index in [1.54, 1.807) is 0 Å². The van der Waals surface area contributed by atoms with Crippen molar-refractivity contribution < 1.29 is 14.6 Å². The lowest BCUT2D eigenvalue weighted by Crippen LogP contribution is -1.78. The van der Waals surface area contributed by atoms with E-state index in [0.717, 1.165) is 6.07 Å². The van der Waals surface area contributed by atoms with E-state index in [1.807, 2.05) is 0 Å². The Morgan fingerprint density at radius 2 is 2.17 bits per heavy atom. The number of phenols is 1. The maximum Gasteiger partial charge on any atom is 0.126 e. The number of aromatic hydroxyl groups is 1. The molecule has 0 aromatic heterocycles. The lowest BCUT2D eigenvalue weighted by Gasteiger charge is -1.97. The molecule has 0 amide bonds. The fourth-order valence-electron chi connectivity index (χ4n) is 0.837. The summed E-state index contributed by atoms with van der Waals surface area (Å²) in [6.45, 7) is -0.100. The zero-order valence-electron chi connectivity index (χ0n) is 6.37. The van der Waals surface area contributed by atoms with Crippen LogP contribution < -0.4 is 0 Å². The average molecular weight is 168 g/mol. The van der Waals surface area contributed by atoms with E-state index in [-0.39, 0.29) is 12.4 Å². The zero-order chi connectivity index (χ0) is 8.97. The minimum Gasteiger partial charge on any atom is -0.507 e. The van der Waals surface area contributed by atoms with E-state index in [1.165, 1.54) is 24.3 Å². The highest BCUT2D eigenvalue weighted by Crippen LogP contribution is 2.18. The third-order valence-electron chi connectivity index (χ3n) is 1.40. The Bertz CT molecular complexity index is 295. The van der Waals surface area contributed by atoms with Crippen LogP contribution in [0.4, 0.5) is 4.39 Å². The molecule has 1 rings (SSSR count). The van der Waals surface area contributed by atoms with E-state index in [9.17, 15) is 4.39 Å². The monoisotopic (exact) mass is 168 g/mol. The van der Waals surface area contributed by atoms with Gasteiger partial charge in [0, 0.05) is 11.6 Å². The summed E-state index contributed by atoms with van der Waals surface area (Å²) in [7, 11) is 0. The van der Waals surface area contributed by atoms with Crippen LogP contribution >= 0.6 is 0 Å². The fourth-order valence-corrected chi connectivity index (χ4v) is 0.837. The largest absolute Gasteiger partial charge is 0.507 e. The molecule has 0 aliphatic heterocycles. The minimum atomic E-state index is -0.478. The lowest BCUT2D eigenvalue weighted by atomic mass is 10.2. The van der Waals surface area contributed by atoms with Crippen LogP contribution in [0.3, 0.4) is 0 Å². The van der Waals surface area contributed by atoms with Gasteiger partial charge in [0.2, 0.25) is 0 Å². The smallest absolute Gasteiger partial charge is 0.126 e. The minimum absolute atomic E-state index is 0.100. The molecule has 0 atom stereocenters. The van der Waals surface area contributed by atoms with E-state index in [2.05, 4.69) is 0 Å². The topological polar surface area (TPSA) is 40.5 Å². The van der Waals surface area contributed by atoms with Crippen molar-refractivity contribution in [3.63, 3.8) is 0 Å². The summed E-state index contributed by atoms with van der Waals surface area (Å²) in [5.74, 6) is -0.603. The molecule has 0 bridgehead atoms. The predicted octanol–water partition coefficient (Wildman–Crippen LogP) is 1.54. The molecule has 0 saturated heterocycles. The van der Waals surface area contributed by atoms with Gasteiger partial charge < -0.3 is 10.2 Å². The first-order valence-electron chi connectivity index (χ1n) is 3.50. The number of phenolic OH excluding ortho intramolecular Hbond substituents is 1. The average Bonchev–Trinajstić information content (AvgIpc) is 2.03. The molecule has 12 heavy (non-hydrogen) atoms. The van der Waals surface area contributed by atoms with Crippen molar-refractivity contribution in [1.29, 1.82) is 0 Å². The molecule has 0 heterocycles. The van der Waals surface area contributed by atoms with Gasteiger partial charge in [0.05, 0.1) is 6.61 Å². The van der Waals surface area contributed by atoms with E-state index in [0.29, 0.717) is 5.56 Å². The summed E-state index contributed by atoms with van der Waals surface area (Å²) < 4.78 is 12.4. The van der Waals surface area contributed by atoms with Gasteiger partial charge >= 0.3 is 0 Å². The Balaban J connectivity index is 2.94. The molecule has 1 aromatic carbocycles. The van der Waals surface area contributed by atoms with Gasteiger partial charge in [-0.05, 0) is 12.1 Å². The SMILES string of the molecule is OCC=Cc1ccc(F)cc1O. The second-order valence-electron chi connectivity index (χ2n) is 2.29. The molecule has 2 N–H and O–H groups in total. The van der Waals surface area contributed by atoms with Crippen molar-refractivity contribution >= 4 is 6.08 Å². The second-order valence-corrected chi connectivity index (χ2v) is 2.29. The first-order chi connectivity index (χ1) is 5.74. The van der Waals surface area contributed by atoms with Crippen LogP contribution in [0, 0.1) is 5.82 Å². The van der Waals surface area contributed by atoms with Gasteiger partial charge in [0.15, 0.2) is 0 Å². The first kappa shape index (κ1) is 8.74. The molecule has 3 heteroatoms. The number of hydrogen-bond acceptors (Lipinski definition) is 2. The van der Waals surface area contributed by atoms with Gasteiger partial charge in [-0.3, -0.25) is 0 Å². The molecular weight excluding hydrogens is 159 g/mol. The number of aliphatic hydroxyl groups excluding tert-OH is 1. The number of benzene rings is 1. The quantitative estimate of drug-likeness (QED) is 0.703. The van der Waals surface area contributed by atoms with Crippen molar-refractivity contribution in [3.05, 3.63) is 35.7 Å². The Labute approximate surface area is 69.6 Å². The summed E-state index contributed by atoms with van der Waals surface area (Å²) in [5.41, 5.74) is 0.491. The normalized spacial score (nSPS) is 10.8. The van der Waals surface area contributed by atoms with Crippen molar-refractivity contribution in [1.82, 2.24) is 0 Å². The number of rotatable bonds is 2. The van der Waals surface area contributed by atoms with Crippen molar-refractivity contribution in [3.8, 4) is 5.75 Å². The molecule has 0 unspecified atom stereocenters. The Kier molecular flexibility index (Phi) is 2.82. The molecule has 0 aliphatic carbocycles. The molecule has 2 nitrogen and oxygen atoms in total. The van der Waals surface area contributed by atoms with Crippen molar-refractivity contribution in [2.24, 2.45) is 0 Å². The summed E-state index contributed by atoms with van der Waals surface area (Å²) >= 11 is 0. The summed E-state index contributed by atoms with van der Waals surface area (Å²) in [5, 5.41) is 17.6. The summed E-state index contributed by atoms with van der Waals surface area (Å²) in [4.78, 5) is 0. The number of hydrogen-bond donors (Lipinski definition) is 2. The standard InChI is InChI=1S/C9H9FO2/c10-8-4-3-7(2-1-5-11)9(12)6-8/h1-4,6,11-12H,5H2. The van der Waals surface area contributed by atoms with E-state index >= 15 is 0 Å². The van der Waals surface area contributed by atoms with Gasteiger partial charge in [-0.15, -0.1) is 0 Å². The van der Waals surface area contributed by atoms with E-state index < -0.39 is 5.82 Å². The molecule has 0 fully saturated rings. The maximum atomic E-state index is 12.4. The first-order valence-corrected chi connectivity index (χ1v) is 3.50. The zero-order valence-corrected chi connectivity index (χ0v) is 6.37. The molecule has 0 aliphatic rings. The van der Waals surface area contributed by atoms with Crippen molar-refractivity contribution in [2.75, 3.05) is 6.61 Å². The highest BCUT2D eigenvalue weighted by atomic mass is 19.1. The Morgan fingerprint density at radius 3 is 2.75 bits per heavy atom. The van der Waals surface area contributed by atoms with Crippen LogP contribution in [-0.2, 0) is 0 Å². The van der Waals surface area contributed by atoms with Crippen LogP contribution in [0.15, 0.2) is 24.3 Å². The molecular formula is C9H9FO2. The summed E-state index contributed by atoms with van der Waals surface area (Å²) in [6.07, 6.45) is 2.99. The van der Waals surface area contributed by atoms with Gasteiger partial charge in [0.25, 0.3) is 0 Å². The van der Waals surface area contributed by atoms with Gasteiger partial charge in [0.1, 0.15) is 11.6 Å². The maximum absolute atomic E-state index is 12.4.